The molecule has 2 amide bonds. The van der Waals surface area contributed by atoms with Crippen LogP contribution in [0.1, 0.15) is 45.5 Å². The van der Waals surface area contributed by atoms with Gasteiger partial charge in [-0.25, -0.2) is 5.43 Å². The number of carbonyl (C=O) groups excluding carboxylic acids is 3. The van der Waals surface area contributed by atoms with Crippen molar-refractivity contribution in [2.75, 3.05) is 12.4 Å². The molecule has 0 aromatic heterocycles. The highest BCUT2D eigenvalue weighted by atomic mass is 16.5. The lowest BCUT2D eigenvalue weighted by molar-refractivity contribution is -0.144. The largest absolute Gasteiger partial charge is 0.468 e. The van der Waals surface area contributed by atoms with Crippen molar-refractivity contribution in [2.45, 2.75) is 44.3 Å². The van der Waals surface area contributed by atoms with Crippen LogP contribution in [0.5, 0.6) is 0 Å². The van der Waals surface area contributed by atoms with E-state index in [4.69, 9.17) is 4.74 Å². The maximum atomic E-state index is 12.9. The fourth-order valence-electron chi connectivity index (χ4n) is 4.50. The Morgan fingerprint density at radius 1 is 0.969 bits per heavy atom. The van der Waals surface area contributed by atoms with Crippen LogP contribution in [-0.2, 0) is 9.53 Å². The minimum Gasteiger partial charge on any atom is -0.468 e. The van der Waals surface area contributed by atoms with Crippen molar-refractivity contribution in [3.63, 3.8) is 0 Å². The van der Waals surface area contributed by atoms with E-state index in [0.717, 1.165) is 18.4 Å². The zero-order chi connectivity index (χ0) is 22.7. The van der Waals surface area contributed by atoms with Gasteiger partial charge in [-0.3, -0.25) is 19.8 Å². The van der Waals surface area contributed by atoms with Gasteiger partial charge in [-0.15, -0.1) is 0 Å². The van der Waals surface area contributed by atoms with E-state index < -0.39 is 6.04 Å². The first kappa shape index (κ1) is 22.0. The fraction of sp³-hybridized carbons (Fsp3) is 0.375. The summed E-state index contributed by atoms with van der Waals surface area (Å²) in [5, 5.41) is 5.99. The first-order valence-electron chi connectivity index (χ1n) is 10.8. The summed E-state index contributed by atoms with van der Waals surface area (Å²) in [4.78, 5) is 37.5. The molecule has 4 atom stereocenters. The van der Waals surface area contributed by atoms with Crippen molar-refractivity contribution in [1.29, 1.82) is 0 Å². The number of fused-ring (bicyclic) bond motifs is 1. The molecule has 0 bridgehead atoms. The Hall–Kier alpha value is -3.23. The average molecular weight is 437 g/mol. The van der Waals surface area contributed by atoms with Crippen molar-refractivity contribution in [1.82, 2.24) is 16.2 Å². The van der Waals surface area contributed by atoms with Crippen LogP contribution in [-0.4, -0.2) is 43.0 Å². The molecule has 2 fully saturated rings. The number of amides is 2. The molecule has 2 aromatic carbocycles. The summed E-state index contributed by atoms with van der Waals surface area (Å²) in [6.45, 7) is 1.89. The molecular weight excluding hydrogens is 408 g/mol. The zero-order valence-electron chi connectivity index (χ0n) is 18.2. The third kappa shape index (κ3) is 4.66. The van der Waals surface area contributed by atoms with Gasteiger partial charge >= 0.3 is 5.97 Å². The Kier molecular flexibility index (Phi) is 6.53. The highest BCUT2D eigenvalue weighted by Gasteiger charge is 2.44. The highest BCUT2D eigenvalue weighted by Crippen LogP contribution is 2.31. The van der Waals surface area contributed by atoms with Gasteiger partial charge in [0.15, 0.2) is 0 Å². The van der Waals surface area contributed by atoms with E-state index in [2.05, 4.69) is 21.5 Å². The van der Waals surface area contributed by atoms with Gasteiger partial charge in [0.1, 0.15) is 6.04 Å². The summed E-state index contributed by atoms with van der Waals surface area (Å²) in [6.07, 6.45) is 2.35. The van der Waals surface area contributed by atoms with E-state index in [-0.39, 0.29) is 35.8 Å². The van der Waals surface area contributed by atoms with Gasteiger partial charge < -0.3 is 15.4 Å². The van der Waals surface area contributed by atoms with E-state index in [9.17, 15) is 14.4 Å². The zero-order valence-corrected chi connectivity index (χ0v) is 18.2. The van der Waals surface area contributed by atoms with E-state index in [1.54, 1.807) is 36.4 Å². The summed E-state index contributed by atoms with van der Waals surface area (Å²) in [6, 6.07) is 14.0. The number of rotatable bonds is 5. The number of nitrogens with one attached hydrogen (secondary N) is 4. The number of carbonyl (C=O) groups is 3. The number of anilines is 1. The molecule has 1 saturated carbocycles. The second-order valence-corrected chi connectivity index (χ2v) is 8.39. The minimum atomic E-state index is -0.413. The quantitative estimate of drug-likeness (QED) is 0.535. The first-order valence-corrected chi connectivity index (χ1v) is 10.8. The molecule has 1 aliphatic carbocycles. The van der Waals surface area contributed by atoms with Gasteiger partial charge in [-0.2, -0.15) is 0 Å². The molecular formula is C24H28N4O4. The summed E-state index contributed by atoms with van der Waals surface area (Å²) in [7, 11) is 1.38. The third-order valence-corrected chi connectivity index (χ3v) is 6.33. The molecule has 168 valence electrons. The van der Waals surface area contributed by atoms with Crippen LogP contribution in [0.2, 0.25) is 0 Å². The van der Waals surface area contributed by atoms with E-state index >= 15 is 0 Å². The Balaban J connectivity index is 1.42. The van der Waals surface area contributed by atoms with Crippen molar-refractivity contribution >= 4 is 23.5 Å². The van der Waals surface area contributed by atoms with Crippen LogP contribution >= 0.6 is 0 Å². The van der Waals surface area contributed by atoms with Crippen LogP contribution < -0.4 is 21.5 Å². The molecule has 1 aliphatic heterocycles. The second kappa shape index (κ2) is 9.50. The lowest BCUT2D eigenvalue weighted by atomic mass is 9.79. The molecule has 0 spiro atoms. The number of hydrazine groups is 1. The maximum Gasteiger partial charge on any atom is 0.324 e. The van der Waals surface area contributed by atoms with Gasteiger partial charge in [-0.1, -0.05) is 24.3 Å². The van der Waals surface area contributed by atoms with Crippen LogP contribution in [0.25, 0.3) is 0 Å². The number of esters is 1. The molecule has 8 nitrogen and oxygen atoms in total. The monoisotopic (exact) mass is 436 g/mol. The van der Waals surface area contributed by atoms with Crippen LogP contribution in [0, 0.1) is 12.8 Å². The first-order chi connectivity index (χ1) is 15.5. The average Bonchev–Trinajstić information content (AvgIpc) is 3.23. The molecule has 2 aromatic rings. The Labute approximate surface area is 187 Å². The predicted octanol–water partition coefficient (Wildman–Crippen LogP) is 2.16. The third-order valence-electron chi connectivity index (χ3n) is 6.33. The molecule has 32 heavy (non-hydrogen) atoms. The standard InChI is InChI=1S/C24H28N4O4/c1-14-8-9-16(12-20(14)26-22(29)15-6-4-3-5-7-15)23(30)25-17-10-11-19-18(13-17)21(28-27-19)24(31)32-2/h3-9,12,17-19,21,27-28H,10-11,13H2,1-2H3,(H,25,30)(H,26,29). The number of benzene rings is 2. The van der Waals surface area contributed by atoms with Gasteiger partial charge in [-0.05, 0) is 56.0 Å². The summed E-state index contributed by atoms with van der Waals surface area (Å²) in [5.74, 6) is -0.661. The van der Waals surface area contributed by atoms with Crippen molar-refractivity contribution in [3.05, 3.63) is 65.2 Å². The van der Waals surface area contributed by atoms with Crippen molar-refractivity contribution in [2.24, 2.45) is 5.92 Å². The Morgan fingerprint density at radius 3 is 2.50 bits per heavy atom. The fourth-order valence-corrected chi connectivity index (χ4v) is 4.50. The topological polar surface area (TPSA) is 109 Å². The van der Waals surface area contributed by atoms with Crippen LogP contribution in [0.3, 0.4) is 0 Å². The summed E-state index contributed by atoms with van der Waals surface area (Å²) in [5.41, 5.74) is 8.70. The molecule has 1 heterocycles. The second-order valence-electron chi connectivity index (χ2n) is 8.39. The molecule has 4 unspecified atom stereocenters. The molecule has 1 saturated heterocycles. The number of aryl methyl sites for hydroxylation is 1. The number of ether oxygens (including phenoxy) is 1. The van der Waals surface area contributed by atoms with Gasteiger partial charge in [0.2, 0.25) is 0 Å². The van der Waals surface area contributed by atoms with E-state index in [1.807, 2.05) is 19.1 Å². The Bertz CT molecular complexity index is 1010. The summed E-state index contributed by atoms with van der Waals surface area (Å²) < 4.78 is 4.89. The molecule has 2 aliphatic rings. The predicted molar refractivity (Wildman–Crippen MR) is 120 cm³/mol. The number of hydrogen-bond donors (Lipinski definition) is 4. The van der Waals surface area contributed by atoms with E-state index in [1.165, 1.54) is 7.11 Å². The normalized spacial score (nSPS) is 24.3. The number of hydrogen-bond acceptors (Lipinski definition) is 6. The lowest BCUT2D eigenvalue weighted by Crippen LogP contribution is -2.46. The van der Waals surface area contributed by atoms with Gasteiger partial charge in [0.25, 0.3) is 11.8 Å². The van der Waals surface area contributed by atoms with Crippen LogP contribution in [0.4, 0.5) is 5.69 Å². The smallest absolute Gasteiger partial charge is 0.324 e. The minimum absolute atomic E-state index is 0.0405. The van der Waals surface area contributed by atoms with Crippen LogP contribution in [0.15, 0.2) is 48.5 Å². The lowest BCUT2D eigenvalue weighted by Gasteiger charge is -2.32. The number of methoxy groups -OCH3 is 1. The van der Waals surface area contributed by atoms with Gasteiger partial charge in [0, 0.05) is 34.8 Å². The van der Waals surface area contributed by atoms with Crippen molar-refractivity contribution in [3.8, 4) is 0 Å². The Morgan fingerprint density at radius 2 is 1.75 bits per heavy atom. The van der Waals surface area contributed by atoms with Gasteiger partial charge in [0.05, 0.1) is 7.11 Å². The molecule has 4 N–H and O–H groups in total. The maximum absolute atomic E-state index is 12.9. The van der Waals surface area contributed by atoms with Crippen molar-refractivity contribution < 1.29 is 19.1 Å². The summed E-state index contributed by atoms with van der Waals surface area (Å²) >= 11 is 0. The molecule has 4 rings (SSSR count). The highest BCUT2D eigenvalue weighted by molar-refractivity contribution is 6.05. The molecule has 8 heteroatoms. The SMILES string of the molecule is COC(=O)C1NNC2CCC(NC(=O)c3ccc(C)c(NC(=O)c4ccccc4)c3)CC21. The van der Waals surface area contributed by atoms with E-state index in [0.29, 0.717) is 23.2 Å². The molecule has 0 radical (unpaired) electrons.